The van der Waals surface area contributed by atoms with E-state index in [1.165, 1.54) is 17.8 Å². The fourth-order valence-corrected chi connectivity index (χ4v) is 3.29. The highest BCUT2D eigenvalue weighted by molar-refractivity contribution is 7.10. The van der Waals surface area contributed by atoms with Crippen LogP contribution in [0.2, 0.25) is 0 Å². The molecule has 1 amide bonds. The first-order valence-corrected chi connectivity index (χ1v) is 7.55. The molecule has 18 heavy (non-hydrogen) atoms. The van der Waals surface area contributed by atoms with Gasteiger partial charge in [-0.1, -0.05) is 19.9 Å². The number of hydrogen-bond acceptors (Lipinski definition) is 3. The highest BCUT2D eigenvalue weighted by Crippen LogP contribution is 2.29. The van der Waals surface area contributed by atoms with E-state index in [4.69, 9.17) is 5.73 Å². The summed E-state index contributed by atoms with van der Waals surface area (Å²) in [5.74, 6) is 1.41. The van der Waals surface area contributed by atoms with Crippen LogP contribution in [0.1, 0.15) is 44.0 Å². The Morgan fingerprint density at radius 2 is 2.22 bits per heavy atom. The molecule has 0 radical (unpaired) electrons. The van der Waals surface area contributed by atoms with Gasteiger partial charge >= 0.3 is 0 Å². The second-order valence-electron chi connectivity index (χ2n) is 5.47. The SMILES string of the molecule is CC1CCC(NC(=O)C(N)c2cccs2)CC1C. The van der Waals surface area contributed by atoms with E-state index in [0.29, 0.717) is 12.0 Å². The van der Waals surface area contributed by atoms with Crippen molar-refractivity contribution in [3.63, 3.8) is 0 Å². The van der Waals surface area contributed by atoms with Gasteiger partial charge in [0.1, 0.15) is 6.04 Å². The van der Waals surface area contributed by atoms with Gasteiger partial charge in [0.25, 0.3) is 0 Å². The Morgan fingerprint density at radius 3 is 2.83 bits per heavy atom. The molecule has 4 atom stereocenters. The van der Waals surface area contributed by atoms with Crippen molar-refractivity contribution in [3.8, 4) is 0 Å². The highest BCUT2D eigenvalue weighted by Gasteiger charge is 2.27. The van der Waals surface area contributed by atoms with Gasteiger partial charge in [-0.05, 0) is 42.5 Å². The summed E-state index contributed by atoms with van der Waals surface area (Å²) in [6.45, 7) is 4.56. The van der Waals surface area contributed by atoms with E-state index in [9.17, 15) is 4.79 Å². The number of rotatable bonds is 3. The molecule has 1 aliphatic carbocycles. The molecule has 1 saturated carbocycles. The predicted molar refractivity (Wildman–Crippen MR) is 75.4 cm³/mol. The molecule has 1 fully saturated rings. The maximum absolute atomic E-state index is 12.1. The summed E-state index contributed by atoms with van der Waals surface area (Å²) >= 11 is 1.54. The zero-order valence-electron chi connectivity index (χ0n) is 11.1. The molecule has 3 N–H and O–H groups in total. The molecule has 4 heteroatoms. The van der Waals surface area contributed by atoms with Gasteiger partial charge in [0.15, 0.2) is 0 Å². The fraction of sp³-hybridized carbons (Fsp3) is 0.643. The number of carbonyl (C=O) groups excluding carboxylic acids is 1. The van der Waals surface area contributed by atoms with E-state index < -0.39 is 6.04 Å². The molecule has 2 rings (SSSR count). The van der Waals surface area contributed by atoms with Crippen LogP contribution < -0.4 is 11.1 Å². The maximum Gasteiger partial charge on any atom is 0.242 e. The van der Waals surface area contributed by atoms with E-state index in [1.807, 2.05) is 17.5 Å². The Labute approximate surface area is 113 Å². The average molecular weight is 266 g/mol. The van der Waals surface area contributed by atoms with E-state index in [-0.39, 0.29) is 5.91 Å². The van der Waals surface area contributed by atoms with Crippen LogP contribution in [0.4, 0.5) is 0 Å². The largest absolute Gasteiger partial charge is 0.352 e. The van der Waals surface area contributed by atoms with Gasteiger partial charge in [-0.2, -0.15) is 0 Å². The van der Waals surface area contributed by atoms with Crippen molar-refractivity contribution < 1.29 is 4.79 Å². The van der Waals surface area contributed by atoms with Gasteiger partial charge in [0, 0.05) is 10.9 Å². The van der Waals surface area contributed by atoms with Crippen molar-refractivity contribution in [3.05, 3.63) is 22.4 Å². The lowest BCUT2D eigenvalue weighted by molar-refractivity contribution is -0.123. The standard InChI is InChI=1S/C14H22N2OS/c1-9-5-6-11(8-10(9)2)16-14(17)13(15)12-4-3-7-18-12/h3-4,7,9-11,13H,5-6,8,15H2,1-2H3,(H,16,17). The average Bonchev–Trinajstić information content (AvgIpc) is 2.86. The number of thiophene rings is 1. The highest BCUT2D eigenvalue weighted by atomic mass is 32.1. The Hall–Kier alpha value is -0.870. The maximum atomic E-state index is 12.1. The number of nitrogens with one attached hydrogen (secondary N) is 1. The van der Waals surface area contributed by atoms with Crippen molar-refractivity contribution in [1.29, 1.82) is 0 Å². The lowest BCUT2D eigenvalue weighted by Crippen LogP contribution is -2.43. The summed E-state index contributed by atoms with van der Waals surface area (Å²) in [5.41, 5.74) is 5.96. The quantitative estimate of drug-likeness (QED) is 0.883. The first-order chi connectivity index (χ1) is 8.58. The number of amides is 1. The van der Waals surface area contributed by atoms with Crippen LogP contribution in [0.25, 0.3) is 0 Å². The molecule has 0 aliphatic heterocycles. The van der Waals surface area contributed by atoms with Crippen molar-refractivity contribution in [2.24, 2.45) is 17.6 Å². The summed E-state index contributed by atoms with van der Waals surface area (Å²) < 4.78 is 0. The van der Waals surface area contributed by atoms with Gasteiger partial charge in [-0.25, -0.2) is 0 Å². The lowest BCUT2D eigenvalue weighted by Gasteiger charge is -2.33. The Bertz CT molecular complexity index is 391. The first kappa shape index (κ1) is 13.6. The van der Waals surface area contributed by atoms with E-state index in [0.717, 1.165) is 23.6 Å². The van der Waals surface area contributed by atoms with Crippen molar-refractivity contribution >= 4 is 17.2 Å². The molecule has 0 spiro atoms. The Morgan fingerprint density at radius 1 is 1.44 bits per heavy atom. The second kappa shape index (κ2) is 5.85. The van der Waals surface area contributed by atoms with Crippen molar-refractivity contribution in [2.45, 2.75) is 45.2 Å². The Kier molecular flexibility index (Phi) is 4.40. The molecule has 1 aliphatic rings. The number of hydrogen-bond donors (Lipinski definition) is 2. The van der Waals surface area contributed by atoms with Crippen LogP contribution in [0.5, 0.6) is 0 Å². The van der Waals surface area contributed by atoms with Gasteiger partial charge in [0.2, 0.25) is 5.91 Å². The minimum atomic E-state index is -0.514. The summed E-state index contributed by atoms with van der Waals surface area (Å²) in [4.78, 5) is 13.0. The van der Waals surface area contributed by atoms with Crippen LogP contribution in [-0.2, 0) is 4.79 Å². The van der Waals surface area contributed by atoms with Crippen molar-refractivity contribution in [1.82, 2.24) is 5.32 Å². The molecule has 1 aromatic heterocycles. The lowest BCUT2D eigenvalue weighted by atomic mass is 9.79. The summed E-state index contributed by atoms with van der Waals surface area (Å²) in [6, 6.07) is 3.63. The van der Waals surface area contributed by atoms with Gasteiger partial charge < -0.3 is 11.1 Å². The number of nitrogens with two attached hydrogens (primary N) is 1. The van der Waals surface area contributed by atoms with Crippen LogP contribution >= 0.6 is 11.3 Å². The second-order valence-corrected chi connectivity index (χ2v) is 6.45. The zero-order chi connectivity index (χ0) is 13.1. The van der Waals surface area contributed by atoms with Crippen LogP contribution in [0.15, 0.2) is 17.5 Å². The zero-order valence-corrected chi connectivity index (χ0v) is 11.9. The molecule has 0 aromatic carbocycles. The summed E-state index contributed by atoms with van der Waals surface area (Å²) in [6.07, 6.45) is 3.35. The predicted octanol–water partition coefficient (Wildman–Crippen LogP) is 2.69. The molecule has 3 nitrogen and oxygen atoms in total. The van der Waals surface area contributed by atoms with E-state index in [1.54, 1.807) is 0 Å². The molecule has 4 unspecified atom stereocenters. The van der Waals surface area contributed by atoms with E-state index >= 15 is 0 Å². The van der Waals surface area contributed by atoms with E-state index in [2.05, 4.69) is 19.2 Å². The molecular formula is C14H22N2OS. The monoisotopic (exact) mass is 266 g/mol. The summed E-state index contributed by atoms with van der Waals surface area (Å²) in [7, 11) is 0. The topological polar surface area (TPSA) is 55.1 Å². The molecule has 0 bridgehead atoms. The Balaban J connectivity index is 1.88. The third kappa shape index (κ3) is 3.12. The third-order valence-electron chi connectivity index (χ3n) is 4.08. The van der Waals surface area contributed by atoms with Gasteiger partial charge in [-0.3, -0.25) is 4.79 Å². The molecule has 100 valence electrons. The molecule has 1 heterocycles. The minimum absolute atomic E-state index is 0.0378. The van der Waals surface area contributed by atoms with Gasteiger partial charge in [-0.15, -0.1) is 11.3 Å². The fourth-order valence-electron chi connectivity index (χ4n) is 2.57. The minimum Gasteiger partial charge on any atom is -0.352 e. The summed E-state index contributed by atoms with van der Waals surface area (Å²) in [5, 5.41) is 5.05. The molecule has 1 aromatic rings. The van der Waals surface area contributed by atoms with Gasteiger partial charge in [0.05, 0.1) is 0 Å². The third-order valence-corrected chi connectivity index (χ3v) is 5.03. The van der Waals surface area contributed by atoms with Crippen molar-refractivity contribution in [2.75, 3.05) is 0 Å². The van der Waals surface area contributed by atoms with Crippen LogP contribution in [-0.4, -0.2) is 11.9 Å². The molecule has 0 saturated heterocycles. The smallest absolute Gasteiger partial charge is 0.242 e. The molecular weight excluding hydrogens is 244 g/mol. The first-order valence-electron chi connectivity index (χ1n) is 6.67. The number of carbonyl (C=O) groups is 1. The van der Waals surface area contributed by atoms with Crippen LogP contribution in [0.3, 0.4) is 0 Å². The van der Waals surface area contributed by atoms with Crippen LogP contribution in [0, 0.1) is 11.8 Å². The normalized spacial score (nSPS) is 29.8.